The summed E-state index contributed by atoms with van der Waals surface area (Å²) in [5, 5.41) is 8.72. The lowest BCUT2D eigenvalue weighted by atomic mass is 9.76. The zero-order valence-electron chi connectivity index (χ0n) is 12.7. The van der Waals surface area contributed by atoms with Crippen molar-refractivity contribution in [2.45, 2.75) is 65.8 Å². The molecule has 0 radical (unpaired) electrons. The molecule has 2 rings (SSSR count). The van der Waals surface area contributed by atoms with Crippen molar-refractivity contribution < 1.29 is 0 Å². The standard InChI is InChI=1S/C15H28N4/c1-15(2,3)12(9-10-16)7-8-14-18-17-13-6-4-5-11-19(13)14/h12H,4-11,16H2,1-3H3. The first-order valence-corrected chi connectivity index (χ1v) is 7.63. The first kappa shape index (κ1) is 14.5. The lowest BCUT2D eigenvalue weighted by Crippen LogP contribution is -2.24. The van der Waals surface area contributed by atoms with Gasteiger partial charge in [0, 0.05) is 19.4 Å². The summed E-state index contributed by atoms with van der Waals surface area (Å²) in [6.07, 6.45) is 6.93. The van der Waals surface area contributed by atoms with E-state index >= 15 is 0 Å². The monoisotopic (exact) mass is 264 g/mol. The fourth-order valence-electron chi connectivity index (χ4n) is 3.07. The third-order valence-corrected chi connectivity index (χ3v) is 4.39. The van der Waals surface area contributed by atoms with Crippen LogP contribution in [0.4, 0.5) is 0 Å². The van der Waals surface area contributed by atoms with E-state index in [0.29, 0.717) is 11.3 Å². The Bertz CT molecular complexity index is 403. The van der Waals surface area contributed by atoms with E-state index in [1.165, 1.54) is 30.9 Å². The van der Waals surface area contributed by atoms with Crippen molar-refractivity contribution in [1.29, 1.82) is 0 Å². The predicted molar refractivity (Wildman–Crippen MR) is 77.9 cm³/mol. The number of hydrogen-bond donors (Lipinski definition) is 1. The highest BCUT2D eigenvalue weighted by atomic mass is 15.3. The molecule has 0 amide bonds. The summed E-state index contributed by atoms with van der Waals surface area (Å²) in [4.78, 5) is 0. The number of nitrogens with zero attached hydrogens (tertiary/aromatic N) is 3. The molecule has 19 heavy (non-hydrogen) atoms. The van der Waals surface area contributed by atoms with Crippen LogP contribution in [0.15, 0.2) is 0 Å². The van der Waals surface area contributed by atoms with Crippen LogP contribution in [-0.4, -0.2) is 21.3 Å². The predicted octanol–water partition coefficient (Wildman–Crippen LogP) is 2.56. The molecular weight excluding hydrogens is 236 g/mol. The minimum atomic E-state index is 0.324. The quantitative estimate of drug-likeness (QED) is 0.889. The van der Waals surface area contributed by atoms with Gasteiger partial charge >= 0.3 is 0 Å². The smallest absolute Gasteiger partial charge is 0.133 e. The van der Waals surface area contributed by atoms with Gasteiger partial charge in [-0.1, -0.05) is 20.8 Å². The Balaban J connectivity index is 1.99. The van der Waals surface area contributed by atoms with Gasteiger partial charge in [0.15, 0.2) is 0 Å². The van der Waals surface area contributed by atoms with Gasteiger partial charge in [-0.25, -0.2) is 0 Å². The van der Waals surface area contributed by atoms with Crippen LogP contribution in [0.1, 0.15) is 58.1 Å². The molecule has 0 aromatic carbocycles. The van der Waals surface area contributed by atoms with Crippen molar-refractivity contribution in [3.05, 3.63) is 11.6 Å². The average Bonchev–Trinajstić information content (AvgIpc) is 2.76. The van der Waals surface area contributed by atoms with Gasteiger partial charge in [-0.3, -0.25) is 0 Å². The number of rotatable bonds is 5. The van der Waals surface area contributed by atoms with Crippen LogP contribution in [-0.2, 0) is 19.4 Å². The van der Waals surface area contributed by atoms with Crippen molar-refractivity contribution in [2.24, 2.45) is 17.1 Å². The fraction of sp³-hybridized carbons (Fsp3) is 0.867. The van der Waals surface area contributed by atoms with E-state index in [4.69, 9.17) is 5.73 Å². The van der Waals surface area contributed by atoms with E-state index in [-0.39, 0.29) is 0 Å². The van der Waals surface area contributed by atoms with Gasteiger partial charge in [-0.05, 0) is 43.6 Å². The Kier molecular flexibility index (Phi) is 4.61. The van der Waals surface area contributed by atoms with E-state index in [2.05, 4.69) is 35.5 Å². The molecule has 2 N–H and O–H groups in total. The highest BCUT2D eigenvalue weighted by Gasteiger charge is 2.25. The summed E-state index contributed by atoms with van der Waals surface area (Å²) in [5.41, 5.74) is 6.08. The van der Waals surface area contributed by atoms with E-state index in [1.807, 2.05) is 0 Å². The molecule has 0 saturated heterocycles. The highest BCUT2D eigenvalue weighted by Crippen LogP contribution is 2.32. The van der Waals surface area contributed by atoms with Gasteiger partial charge in [-0.15, -0.1) is 10.2 Å². The zero-order chi connectivity index (χ0) is 13.9. The Morgan fingerprint density at radius 3 is 2.68 bits per heavy atom. The van der Waals surface area contributed by atoms with Crippen LogP contribution in [0.25, 0.3) is 0 Å². The molecule has 4 nitrogen and oxygen atoms in total. The van der Waals surface area contributed by atoms with Crippen molar-refractivity contribution >= 4 is 0 Å². The van der Waals surface area contributed by atoms with E-state index in [0.717, 1.165) is 32.4 Å². The second kappa shape index (κ2) is 6.04. The minimum Gasteiger partial charge on any atom is -0.330 e. The molecule has 0 saturated carbocycles. The molecule has 1 aliphatic heterocycles. The minimum absolute atomic E-state index is 0.324. The summed E-state index contributed by atoms with van der Waals surface area (Å²) in [6.45, 7) is 8.82. The molecule has 0 fully saturated rings. The van der Waals surface area contributed by atoms with Crippen molar-refractivity contribution in [3.8, 4) is 0 Å². The van der Waals surface area contributed by atoms with Crippen molar-refractivity contribution in [2.75, 3.05) is 6.54 Å². The number of fused-ring (bicyclic) bond motifs is 1. The van der Waals surface area contributed by atoms with Gasteiger partial charge in [0.2, 0.25) is 0 Å². The van der Waals surface area contributed by atoms with Crippen LogP contribution in [0, 0.1) is 11.3 Å². The maximum absolute atomic E-state index is 5.75. The first-order chi connectivity index (χ1) is 9.02. The van der Waals surface area contributed by atoms with Gasteiger partial charge < -0.3 is 10.3 Å². The SMILES string of the molecule is CC(C)(C)C(CCN)CCc1nnc2n1CCCC2. The molecule has 4 heteroatoms. The second-order valence-electron chi connectivity index (χ2n) is 6.82. The zero-order valence-corrected chi connectivity index (χ0v) is 12.7. The number of hydrogen-bond acceptors (Lipinski definition) is 3. The molecule has 2 heterocycles. The molecule has 0 spiro atoms. The van der Waals surface area contributed by atoms with Gasteiger partial charge in [0.25, 0.3) is 0 Å². The molecule has 0 bridgehead atoms. The molecule has 0 aliphatic carbocycles. The molecule has 1 aliphatic rings. The molecule has 1 unspecified atom stereocenters. The first-order valence-electron chi connectivity index (χ1n) is 7.63. The molecule has 1 atom stereocenters. The van der Waals surface area contributed by atoms with Crippen LogP contribution in [0.2, 0.25) is 0 Å². The third-order valence-electron chi connectivity index (χ3n) is 4.39. The van der Waals surface area contributed by atoms with Gasteiger partial charge in [-0.2, -0.15) is 0 Å². The topological polar surface area (TPSA) is 56.7 Å². The lowest BCUT2D eigenvalue weighted by Gasteiger charge is -2.30. The second-order valence-corrected chi connectivity index (χ2v) is 6.82. The molecule has 108 valence electrons. The summed E-state index contributed by atoms with van der Waals surface area (Å²) in [7, 11) is 0. The fourth-order valence-corrected chi connectivity index (χ4v) is 3.07. The summed E-state index contributed by atoms with van der Waals surface area (Å²) in [5.74, 6) is 3.03. The van der Waals surface area contributed by atoms with Crippen LogP contribution in [0.5, 0.6) is 0 Å². The summed E-state index contributed by atoms with van der Waals surface area (Å²) in [6, 6.07) is 0. The van der Waals surface area contributed by atoms with Crippen LogP contribution >= 0.6 is 0 Å². The number of aryl methyl sites for hydroxylation is 2. The summed E-state index contributed by atoms with van der Waals surface area (Å²) >= 11 is 0. The number of aromatic nitrogens is 3. The number of nitrogens with two attached hydrogens (primary N) is 1. The van der Waals surface area contributed by atoms with Gasteiger partial charge in [0.05, 0.1) is 0 Å². The lowest BCUT2D eigenvalue weighted by molar-refractivity contribution is 0.213. The third kappa shape index (κ3) is 3.56. The van der Waals surface area contributed by atoms with Crippen molar-refractivity contribution in [1.82, 2.24) is 14.8 Å². The van der Waals surface area contributed by atoms with E-state index in [9.17, 15) is 0 Å². The Hall–Kier alpha value is -0.900. The highest BCUT2D eigenvalue weighted by molar-refractivity contribution is 4.99. The van der Waals surface area contributed by atoms with Crippen LogP contribution < -0.4 is 5.73 Å². The molecule has 1 aromatic heterocycles. The molecular formula is C15H28N4. The van der Waals surface area contributed by atoms with Gasteiger partial charge in [0.1, 0.15) is 11.6 Å². The normalized spacial score (nSPS) is 17.3. The Morgan fingerprint density at radius 1 is 1.21 bits per heavy atom. The molecule has 1 aromatic rings. The van der Waals surface area contributed by atoms with E-state index < -0.39 is 0 Å². The summed E-state index contributed by atoms with van der Waals surface area (Å²) < 4.78 is 2.34. The maximum Gasteiger partial charge on any atom is 0.133 e. The Morgan fingerprint density at radius 2 is 2.00 bits per heavy atom. The largest absolute Gasteiger partial charge is 0.330 e. The van der Waals surface area contributed by atoms with E-state index in [1.54, 1.807) is 0 Å². The maximum atomic E-state index is 5.75. The average molecular weight is 264 g/mol. The Labute approximate surface area is 116 Å². The van der Waals surface area contributed by atoms with Crippen molar-refractivity contribution in [3.63, 3.8) is 0 Å². The van der Waals surface area contributed by atoms with Crippen LogP contribution in [0.3, 0.4) is 0 Å².